The Labute approximate surface area is 107 Å². The molecule has 0 aliphatic heterocycles. The van der Waals surface area contributed by atoms with Gasteiger partial charge in [-0.2, -0.15) is 5.10 Å². The van der Waals surface area contributed by atoms with Gasteiger partial charge in [0.1, 0.15) is 5.75 Å². The van der Waals surface area contributed by atoms with Crippen LogP contribution in [0.4, 0.5) is 5.69 Å². The van der Waals surface area contributed by atoms with E-state index in [0.717, 1.165) is 36.7 Å². The van der Waals surface area contributed by atoms with E-state index in [9.17, 15) is 0 Å². The zero-order valence-electron chi connectivity index (χ0n) is 10.9. The van der Waals surface area contributed by atoms with Gasteiger partial charge < -0.3 is 10.1 Å². The monoisotopic (exact) mass is 245 g/mol. The fourth-order valence-electron chi connectivity index (χ4n) is 1.64. The third kappa shape index (κ3) is 3.26. The maximum atomic E-state index is 5.54. The van der Waals surface area contributed by atoms with Crippen LogP contribution in [0.1, 0.15) is 24.6 Å². The van der Waals surface area contributed by atoms with Crippen molar-refractivity contribution in [2.24, 2.45) is 0 Å². The van der Waals surface area contributed by atoms with Crippen molar-refractivity contribution in [2.75, 3.05) is 11.9 Å². The molecule has 0 bridgehead atoms. The molecule has 0 unspecified atom stereocenters. The van der Waals surface area contributed by atoms with E-state index in [1.165, 1.54) is 5.56 Å². The van der Waals surface area contributed by atoms with E-state index in [0.29, 0.717) is 0 Å². The summed E-state index contributed by atoms with van der Waals surface area (Å²) in [6.45, 7) is 5.66. The summed E-state index contributed by atoms with van der Waals surface area (Å²) in [6, 6.07) is 8.03. The highest BCUT2D eigenvalue weighted by atomic mass is 16.5. The zero-order chi connectivity index (χ0) is 12.8. The standard InChI is InChI=1S/C14H19N3O/c1-3-8-18-14-6-4-13(5-7-14)15-9-12-10-16-17-11(12)2/h4-7,10,15H,3,8-9H2,1-2H3,(H,16,17). The van der Waals surface area contributed by atoms with Crippen molar-refractivity contribution in [3.63, 3.8) is 0 Å². The Balaban J connectivity index is 1.88. The fourth-order valence-corrected chi connectivity index (χ4v) is 1.64. The van der Waals surface area contributed by atoms with Crippen LogP contribution < -0.4 is 10.1 Å². The summed E-state index contributed by atoms with van der Waals surface area (Å²) in [4.78, 5) is 0. The van der Waals surface area contributed by atoms with Gasteiger partial charge in [-0.15, -0.1) is 0 Å². The smallest absolute Gasteiger partial charge is 0.119 e. The molecule has 18 heavy (non-hydrogen) atoms. The van der Waals surface area contributed by atoms with Gasteiger partial charge in [-0.25, -0.2) is 0 Å². The van der Waals surface area contributed by atoms with E-state index in [-0.39, 0.29) is 0 Å². The van der Waals surface area contributed by atoms with Crippen molar-refractivity contribution >= 4 is 5.69 Å². The number of aromatic nitrogens is 2. The second-order valence-electron chi connectivity index (χ2n) is 4.25. The highest BCUT2D eigenvalue weighted by molar-refractivity contribution is 5.46. The van der Waals surface area contributed by atoms with Gasteiger partial charge in [0, 0.05) is 23.5 Å². The number of anilines is 1. The summed E-state index contributed by atoms with van der Waals surface area (Å²) in [5.41, 5.74) is 3.37. The number of aromatic amines is 1. The molecule has 0 amide bonds. The van der Waals surface area contributed by atoms with Crippen LogP contribution in [0, 0.1) is 6.92 Å². The Morgan fingerprint density at radius 3 is 2.67 bits per heavy atom. The fraction of sp³-hybridized carbons (Fsp3) is 0.357. The summed E-state index contributed by atoms with van der Waals surface area (Å²) in [5, 5.41) is 10.3. The number of H-pyrrole nitrogens is 1. The number of nitrogens with zero attached hydrogens (tertiary/aromatic N) is 1. The van der Waals surface area contributed by atoms with Crippen molar-refractivity contribution < 1.29 is 4.74 Å². The number of ether oxygens (including phenoxy) is 1. The van der Waals surface area contributed by atoms with Gasteiger partial charge in [-0.1, -0.05) is 6.92 Å². The number of hydrogen-bond acceptors (Lipinski definition) is 3. The number of aryl methyl sites for hydroxylation is 1. The predicted octanol–water partition coefficient (Wildman–Crippen LogP) is 3.12. The van der Waals surface area contributed by atoms with Crippen LogP contribution in [0.5, 0.6) is 5.75 Å². The molecule has 0 aliphatic carbocycles. The summed E-state index contributed by atoms with van der Waals surface area (Å²) in [7, 11) is 0. The topological polar surface area (TPSA) is 49.9 Å². The molecule has 1 aromatic heterocycles. The molecule has 0 saturated carbocycles. The zero-order valence-corrected chi connectivity index (χ0v) is 10.9. The SMILES string of the molecule is CCCOc1ccc(NCc2cn[nH]c2C)cc1. The minimum atomic E-state index is 0.765. The molecule has 0 aliphatic rings. The summed E-state index contributed by atoms with van der Waals surface area (Å²) >= 11 is 0. The lowest BCUT2D eigenvalue weighted by molar-refractivity contribution is 0.317. The summed E-state index contributed by atoms with van der Waals surface area (Å²) in [5.74, 6) is 0.918. The first-order valence-corrected chi connectivity index (χ1v) is 6.25. The molecule has 0 saturated heterocycles. The van der Waals surface area contributed by atoms with Crippen LogP contribution >= 0.6 is 0 Å². The Bertz CT molecular complexity index is 476. The van der Waals surface area contributed by atoms with E-state index in [2.05, 4.69) is 22.4 Å². The van der Waals surface area contributed by atoms with Crippen LogP contribution in [-0.4, -0.2) is 16.8 Å². The van der Waals surface area contributed by atoms with Gasteiger partial charge in [-0.05, 0) is 37.6 Å². The summed E-state index contributed by atoms with van der Waals surface area (Å²) in [6.07, 6.45) is 2.88. The highest BCUT2D eigenvalue weighted by Crippen LogP contribution is 2.16. The predicted molar refractivity (Wildman–Crippen MR) is 72.9 cm³/mol. The first-order valence-electron chi connectivity index (χ1n) is 6.25. The number of nitrogens with one attached hydrogen (secondary N) is 2. The Morgan fingerprint density at radius 1 is 1.28 bits per heavy atom. The van der Waals surface area contributed by atoms with E-state index in [1.54, 1.807) is 0 Å². The van der Waals surface area contributed by atoms with Crippen molar-refractivity contribution in [3.8, 4) is 5.75 Å². The number of rotatable bonds is 6. The van der Waals surface area contributed by atoms with E-state index in [1.807, 2.05) is 37.4 Å². The second-order valence-corrected chi connectivity index (χ2v) is 4.25. The second kappa shape index (κ2) is 6.10. The average Bonchev–Trinajstić information content (AvgIpc) is 2.81. The maximum Gasteiger partial charge on any atom is 0.119 e. The molecule has 0 spiro atoms. The van der Waals surface area contributed by atoms with E-state index < -0.39 is 0 Å². The highest BCUT2D eigenvalue weighted by Gasteiger charge is 2.00. The quantitative estimate of drug-likeness (QED) is 0.822. The number of hydrogen-bond donors (Lipinski definition) is 2. The molecule has 0 radical (unpaired) electrons. The average molecular weight is 245 g/mol. The molecule has 0 atom stereocenters. The lowest BCUT2D eigenvalue weighted by Gasteiger charge is -2.08. The van der Waals surface area contributed by atoms with Crippen molar-refractivity contribution in [3.05, 3.63) is 41.7 Å². The van der Waals surface area contributed by atoms with Crippen molar-refractivity contribution in [1.29, 1.82) is 0 Å². The van der Waals surface area contributed by atoms with Crippen LogP contribution in [0.25, 0.3) is 0 Å². The molecule has 1 aromatic carbocycles. The molecule has 4 heteroatoms. The maximum absolute atomic E-state index is 5.54. The van der Waals surface area contributed by atoms with Crippen LogP contribution in [0.3, 0.4) is 0 Å². The Morgan fingerprint density at radius 2 is 2.06 bits per heavy atom. The molecular formula is C14H19N3O. The molecule has 0 fully saturated rings. The van der Waals surface area contributed by atoms with Gasteiger partial charge in [0.25, 0.3) is 0 Å². The molecule has 2 rings (SSSR count). The first-order chi connectivity index (χ1) is 8.79. The van der Waals surface area contributed by atoms with Gasteiger partial charge in [0.05, 0.1) is 12.8 Å². The molecular weight excluding hydrogens is 226 g/mol. The van der Waals surface area contributed by atoms with Crippen molar-refractivity contribution in [1.82, 2.24) is 10.2 Å². The molecule has 1 heterocycles. The molecule has 2 N–H and O–H groups in total. The molecule has 2 aromatic rings. The van der Waals surface area contributed by atoms with Crippen LogP contribution in [0.2, 0.25) is 0 Å². The van der Waals surface area contributed by atoms with Crippen molar-refractivity contribution in [2.45, 2.75) is 26.8 Å². The number of benzene rings is 1. The normalized spacial score (nSPS) is 10.3. The van der Waals surface area contributed by atoms with E-state index in [4.69, 9.17) is 4.74 Å². The van der Waals surface area contributed by atoms with Gasteiger partial charge in [0.15, 0.2) is 0 Å². The third-order valence-electron chi connectivity index (χ3n) is 2.74. The molecule has 4 nitrogen and oxygen atoms in total. The third-order valence-corrected chi connectivity index (χ3v) is 2.74. The molecule has 96 valence electrons. The van der Waals surface area contributed by atoms with Gasteiger partial charge >= 0.3 is 0 Å². The summed E-state index contributed by atoms with van der Waals surface area (Å²) < 4.78 is 5.54. The Kier molecular flexibility index (Phi) is 4.23. The van der Waals surface area contributed by atoms with Gasteiger partial charge in [0.2, 0.25) is 0 Å². The lowest BCUT2D eigenvalue weighted by atomic mass is 10.2. The largest absolute Gasteiger partial charge is 0.494 e. The minimum absolute atomic E-state index is 0.765. The van der Waals surface area contributed by atoms with Gasteiger partial charge in [-0.3, -0.25) is 5.10 Å². The lowest BCUT2D eigenvalue weighted by Crippen LogP contribution is -2.00. The minimum Gasteiger partial charge on any atom is -0.494 e. The Hall–Kier alpha value is -1.97. The van der Waals surface area contributed by atoms with Crippen LogP contribution in [-0.2, 0) is 6.54 Å². The first kappa shape index (κ1) is 12.5. The van der Waals surface area contributed by atoms with Crippen LogP contribution in [0.15, 0.2) is 30.5 Å². The van der Waals surface area contributed by atoms with E-state index >= 15 is 0 Å².